The van der Waals surface area contributed by atoms with Crippen LogP contribution in [0.15, 0.2) is 17.1 Å². The molecule has 0 amide bonds. The Bertz CT molecular complexity index is 1020. The third kappa shape index (κ3) is 6.79. The maximum absolute atomic E-state index is 12.0. The Morgan fingerprint density at radius 2 is 1.84 bits per heavy atom. The van der Waals surface area contributed by atoms with Gasteiger partial charge >= 0.3 is 29.2 Å². The molecule has 6 atom stereocenters. The van der Waals surface area contributed by atoms with Gasteiger partial charge in [-0.05, 0) is 6.07 Å². The first kappa shape index (κ1) is 26.8. The van der Waals surface area contributed by atoms with Gasteiger partial charge in [0.25, 0.3) is 0 Å². The Labute approximate surface area is 182 Å². The summed E-state index contributed by atoms with van der Waals surface area (Å²) in [6, 6.07) is 1.23. The summed E-state index contributed by atoms with van der Waals surface area (Å²) >= 11 is 11.9. The van der Waals surface area contributed by atoms with Crippen LogP contribution < -0.4 is 11.4 Å². The van der Waals surface area contributed by atoms with E-state index < -0.39 is 65.0 Å². The highest BCUT2D eigenvalue weighted by Crippen LogP contribution is 2.66. The number of nitrogens with zero attached hydrogens (tertiary/aromatic N) is 2. The van der Waals surface area contributed by atoms with Gasteiger partial charge in [0.15, 0.2) is 6.23 Å². The minimum absolute atomic E-state index is 0.109. The summed E-state index contributed by atoms with van der Waals surface area (Å²) in [5.74, 6) is -0.733. The number of halogens is 2. The fourth-order valence-corrected chi connectivity index (χ4v) is 6.19. The number of aliphatic hydroxyl groups excluding tert-OH is 1. The Morgan fingerprint density at radius 1 is 1.23 bits per heavy atom. The molecule has 0 spiro atoms. The van der Waals surface area contributed by atoms with E-state index in [9.17, 15) is 28.5 Å². The summed E-state index contributed by atoms with van der Waals surface area (Å²) in [7, 11) is -16.9. The highest BCUT2D eigenvalue weighted by molar-refractivity contribution is 7.66. The van der Waals surface area contributed by atoms with E-state index in [0.717, 1.165) is 10.8 Å². The largest absolute Gasteiger partial charge is 0.490 e. The lowest BCUT2D eigenvalue weighted by atomic mass is 10.00. The molecule has 1 aliphatic rings. The van der Waals surface area contributed by atoms with E-state index in [1.165, 1.54) is 6.07 Å². The van der Waals surface area contributed by atoms with Crippen molar-refractivity contribution in [2.75, 3.05) is 18.2 Å². The van der Waals surface area contributed by atoms with Crippen molar-refractivity contribution in [3.8, 4) is 0 Å². The minimum Gasteiger partial charge on any atom is -0.388 e. The average molecular weight is 550 g/mol. The smallest absolute Gasteiger partial charge is 0.388 e. The topological polar surface area (TPSA) is 250 Å². The number of phosphoric ester groups is 1. The van der Waals surface area contributed by atoms with Gasteiger partial charge in [-0.3, -0.25) is 9.09 Å². The van der Waals surface area contributed by atoms with Crippen molar-refractivity contribution < 1.29 is 56.3 Å². The zero-order chi connectivity index (χ0) is 23.8. The van der Waals surface area contributed by atoms with Gasteiger partial charge in [0.05, 0.1) is 12.5 Å². The molecule has 16 nitrogen and oxygen atoms in total. The number of alkyl halides is 2. The van der Waals surface area contributed by atoms with Crippen LogP contribution in [-0.4, -0.2) is 63.8 Å². The van der Waals surface area contributed by atoms with Crippen molar-refractivity contribution in [1.82, 2.24) is 9.55 Å². The second-order valence-electron chi connectivity index (χ2n) is 6.00. The van der Waals surface area contributed by atoms with E-state index in [2.05, 4.69) is 18.1 Å². The van der Waals surface area contributed by atoms with Gasteiger partial charge in [-0.2, -0.15) is 13.6 Å². The predicted octanol–water partition coefficient (Wildman–Crippen LogP) is -0.357. The molecule has 178 valence electrons. The normalized spacial score (nSPS) is 30.6. The zero-order valence-electron chi connectivity index (χ0n) is 14.9. The number of aromatic nitrogens is 2. The lowest BCUT2D eigenvalue weighted by Gasteiger charge is -2.30. The lowest BCUT2D eigenvalue weighted by molar-refractivity contribution is -0.112. The van der Waals surface area contributed by atoms with Crippen molar-refractivity contribution in [2.24, 2.45) is 0 Å². The molecule has 2 heterocycles. The summed E-state index contributed by atoms with van der Waals surface area (Å²) in [6.45, 7) is -1.09. The fraction of sp³-hybridized carbons (Fsp3) is 0.600. The van der Waals surface area contributed by atoms with Crippen molar-refractivity contribution in [1.29, 1.82) is 0 Å². The number of nitrogens with two attached hydrogens (primary N) is 1. The Hall–Kier alpha value is -0.410. The number of phosphoric acid groups is 3. The molecule has 21 heteroatoms. The van der Waals surface area contributed by atoms with Crippen molar-refractivity contribution in [3.05, 3.63) is 22.7 Å². The highest BCUT2D eigenvalue weighted by atomic mass is 35.5. The molecule has 0 bridgehead atoms. The van der Waals surface area contributed by atoms with Gasteiger partial charge in [-0.15, -0.1) is 23.2 Å². The highest BCUT2D eigenvalue weighted by Gasteiger charge is 2.56. The van der Waals surface area contributed by atoms with Gasteiger partial charge in [0.1, 0.15) is 22.9 Å². The summed E-state index contributed by atoms with van der Waals surface area (Å²) in [5, 5.41) is 9.09. The monoisotopic (exact) mass is 549 g/mol. The van der Waals surface area contributed by atoms with Crippen LogP contribution in [-0.2, 0) is 31.6 Å². The SMILES string of the molecule is Nc1ccn([C@@H]2O[C@@](CCl)(COP(=O)(O)OP(=O)(O)OP(=O)(O)O)[C@@H](O)[C@H]2Cl)c(=O)n1. The molecule has 1 aromatic heterocycles. The summed E-state index contributed by atoms with van der Waals surface area (Å²) < 4.78 is 51.9. The molecule has 2 unspecified atom stereocenters. The molecule has 1 aromatic rings. The van der Waals surface area contributed by atoms with E-state index in [1.807, 2.05) is 0 Å². The molecule has 0 saturated carbocycles. The quantitative estimate of drug-likeness (QED) is 0.170. The number of anilines is 1. The van der Waals surface area contributed by atoms with Crippen LogP contribution in [0.3, 0.4) is 0 Å². The first-order valence-electron chi connectivity index (χ1n) is 7.70. The van der Waals surface area contributed by atoms with Crippen LogP contribution in [0.1, 0.15) is 6.23 Å². The van der Waals surface area contributed by atoms with Crippen LogP contribution in [0.2, 0.25) is 0 Å². The molecule has 1 fully saturated rings. The Morgan fingerprint density at radius 3 is 2.35 bits per heavy atom. The molecule has 0 aliphatic carbocycles. The van der Waals surface area contributed by atoms with Crippen LogP contribution in [0.25, 0.3) is 0 Å². The van der Waals surface area contributed by atoms with Gasteiger partial charge < -0.3 is 35.2 Å². The van der Waals surface area contributed by atoms with Gasteiger partial charge in [-0.1, -0.05) is 0 Å². The Balaban J connectivity index is 2.20. The first-order chi connectivity index (χ1) is 14.0. The van der Waals surface area contributed by atoms with Gasteiger partial charge in [0.2, 0.25) is 0 Å². The molecule has 1 saturated heterocycles. The molecule has 1 aliphatic heterocycles. The third-order valence-corrected chi connectivity index (χ3v) is 8.40. The van der Waals surface area contributed by atoms with Crippen LogP contribution in [0, 0.1) is 0 Å². The molecule has 0 radical (unpaired) electrons. The molecule has 0 aromatic carbocycles. The molecule has 7 N–H and O–H groups in total. The van der Waals surface area contributed by atoms with Gasteiger partial charge in [-0.25, -0.2) is 18.5 Å². The summed E-state index contributed by atoms with van der Waals surface area (Å²) in [6.07, 6.45) is -1.95. The zero-order valence-corrected chi connectivity index (χ0v) is 19.1. The second-order valence-corrected chi connectivity index (χ2v) is 11.2. The van der Waals surface area contributed by atoms with E-state index in [1.54, 1.807) is 0 Å². The number of rotatable bonds is 9. The lowest BCUT2D eigenvalue weighted by Crippen LogP contribution is -2.47. The minimum atomic E-state index is -5.76. The maximum atomic E-state index is 12.0. The van der Waals surface area contributed by atoms with Crippen LogP contribution in [0.4, 0.5) is 5.82 Å². The van der Waals surface area contributed by atoms with Gasteiger partial charge in [0, 0.05) is 6.20 Å². The number of ether oxygens (including phenoxy) is 1. The molecule has 31 heavy (non-hydrogen) atoms. The van der Waals surface area contributed by atoms with Crippen LogP contribution in [0.5, 0.6) is 0 Å². The van der Waals surface area contributed by atoms with Crippen molar-refractivity contribution in [3.63, 3.8) is 0 Å². The van der Waals surface area contributed by atoms with Crippen LogP contribution >= 0.6 is 46.7 Å². The number of aliphatic hydroxyl groups is 1. The van der Waals surface area contributed by atoms with E-state index in [0.29, 0.717) is 0 Å². The molecular formula is C10H16Cl2N3O13P3. The molecular weight excluding hydrogens is 534 g/mol. The van der Waals surface area contributed by atoms with E-state index >= 15 is 0 Å². The summed E-state index contributed by atoms with van der Waals surface area (Å²) in [4.78, 5) is 51.2. The number of hydrogen-bond donors (Lipinski definition) is 6. The third-order valence-electron chi connectivity index (χ3n) is 3.71. The number of hydrogen-bond acceptors (Lipinski definition) is 11. The number of nitrogen functional groups attached to an aromatic ring is 1. The maximum Gasteiger partial charge on any atom is 0.490 e. The van der Waals surface area contributed by atoms with E-state index in [-0.39, 0.29) is 5.82 Å². The summed E-state index contributed by atoms with van der Waals surface area (Å²) in [5.41, 5.74) is 2.45. The van der Waals surface area contributed by atoms with Crippen molar-refractivity contribution >= 4 is 52.5 Å². The Kier molecular flexibility index (Phi) is 8.18. The standard InChI is InChI=1S/C10H16Cl2N3O13P3/c11-3-10(4-25-30(21,22)28-31(23,24)27-29(18,19)20)7(16)6(12)8(26-10)15-2-1-5(13)14-9(15)17/h1-2,6-8,16H,3-4H2,(H,21,22)(H,23,24)(H2,13,14,17)(H2,18,19,20)/t6-,7+,8-,10+/m1/s1. The molecule has 2 rings (SSSR count). The first-order valence-corrected chi connectivity index (χ1v) is 13.2. The second kappa shape index (κ2) is 9.45. The fourth-order valence-electron chi connectivity index (χ4n) is 2.41. The van der Waals surface area contributed by atoms with E-state index in [4.69, 9.17) is 48.4 Å². The van der Waals surface area contributed by atoms with Crippen molar-refractivity contribution in [2.45, 2.75) is 23.3 Å². The average Bonchev–Trinajstić information content (AvgIpc) is 2.82. The predicted molar refractivity (Wildman–Crippen MR) is 102 cm³/mol.